The highest BCUT2D eigenvalue weighted by atomic mass is 35.5. The first-order chi connectivity index (χ1) is 8.18. The van der Waals surface area contributed by atoms with Gasteiger partial charge in [-0.2, -0.15) is 18.4 Å². The number of carbonyl (C=O) groups is 1. The standard InChI is InChI=1S/C9H2ClF3N2O3/c10-8(16)5-1-4(3-14)2-6(9(11,12)13)7(5)15(17)18/h1-2H. The van der Waals surface area contributed by atoms with Gasteiger partial charge in [0.2, 0.25) is 0 Å². The molecule has 5 nitrogen and oxygen atoms in total. The first-order valence-corrected chi connectivity index (χ1v) is 4.56. The molecule has 0 atom stereocenters. The number of alkyl halides is 3. The molecule has 18 heavy (non-hydrogen) atoms. The van der Waals surface area contributed by atoms with Gasteiger partial charge in [-0.15, -0.1) is 0 Å². The minimum Gasteiger partial charge on any atom is -0.275 e. The van der Waals surface area contributed by atoms with E-state index >= 15 is 0 Å². The lowest BCUT2D eigenvalue weighted by Crippen LogP contribution is -2.12. The zero-order valence-electron chi connectivity index (χ0n) is 8.29. The summed E-state index contributed by atoms with van der Waals surface area (Å²) in [5.41, 5.74) is -4.65. The fourth-order valence-electron chi connectivity index (χ4n) is 1.26. The number of hydrogen-bond donors (Lipinski definition) is 0. The van der Waals surface area contributed by atoms with Crippen molar-refractivity contribution in [3.63, 3.8) is 0 Å². The summed E-state index contributed by atoms with van der Waals surface area (Å²) in [6.07, 6.45) is -5.07. The molecule has 0 aliphatic heterocycles. The van der Waals surface area contributed by atoms with E-state index in [9.17, 15) is 28.1 Å². The quantitative estimate of drug-likeness (QED) is 0.473. The molecule has 0 aromatic heterocycles. The van der Waals surface area contributed by atoms with Gasteiger partial charge in [-0.1, -0.05) is 0 Å². The Kier molecular flexibility index (Phi) is 3.57. The van der Waals surface area contributed by atoms with E-state index in [1.165, 1.54) is 6.07 Å². The smallest absolute Gasteiger partial charge is 0.275 e. The fraction of sp³-hybridized carbons (Fsp3) is 0.111. The van der Waals surface area contributed by atoms with Gasteiger partial charge in [0.1, 0.15) is 11.1 Å². The molecule has 1 rings (SSSR count). The highest BCUT2D eigenvalue weighted by Gasteiger charge is 2.41. The number of nitro benzene ring substituents is 1. The fourth-order valence-corrected chi connectivity index (χ4v) is 1.41. The van der Waals surface area contributed by atoms with E-state index in [-0.39, 0.29) is 0 Å². The van der Waals surface area contributed by atoms with Crippen LogP contribution in [0.1, 0.15) is 21.5 Å². The Morgan fingerprint density at radius 1 is 1.44 bits per heavy atom. The summed E-state index contributed by atoms with van der Waals surface area (Å²) in [4.78, 5) is 20.1. The molecule has 0 aliphatic rings. The minimum absolute atomic E-state index is 0.293. The molecule has 0 unspecified atom stereocenters. The van der Waals surface area contributed by atoms with Crippen LogP contribution in [0, 0.1) is 21.4 Å². The second-order valence-corrected chi connectivity index (χ2v) is 3.40. The van der Waals surface area contributed by atoms with Gasteiger partial charge in [0.25, 0.3) is 10.9 Å². The average Bonchev–Trinajstić information content (AvgIpc) is 2.25. The van der Waals surface area contributed by atoms with Gasteiger partial charge in [-0.05, 0) is 23.7 Å². The van der Waals surface area contributed by atoms with E-state index in [2.05, 4.69) is 0 Å². The van der Waals surface area contributed by atoms with E-state index in [4.69, 9.17) is 16.9 Å². The molecular formula is C9H2ClF3N2O3. The van der Waals surface area contributed by atoms with Gasteiger partial charge >= 0.3 is 6.18 Å². The van der Waals surface area contributed by atoms with Crippen LogP contribution >= 0.6 is 11.6 Å². The zero-order chi connectivity index (χ0) is 14.1. The second-order valence-electron chi connectivity index (χ2n) is 3.06. The predicted octanol–water partition coefficient (Wildman–Crippen LogP) is 2.86. The van der Waals surface area contributed by atoms with E-state index < -0.39 is 38.7 Å². The first kappa shape index (κ1) is 13.9. The van der Waals surface area contributed by atoms with Crippen molar-refractivity contribution in [1.82, 2.24) is 0 Å². The Labute approximate surface area is 103 Å². The summed E-state index contributed by atoms with van der Waals surface area (Å²) in [5, 5.41) is 17.7. The highest BCUT2D eigenvalue weighted by molar-refractivity contribution is 6.68. The van der Waals surface area contributed by atoms with Crippen molar-refractivity contribution in [2.45, 2.75) is 6.18 Å². The molecule has 0 fully saturated rings. The third kappa shape index (κ3) is 2.57. The average molecular weight is 279 g/mol. The third-order valence-electron chi connectivity index (χ3n) is 1.94. The molecule has 94 valence electrons. The number of nitriles is 1. The number of rotatable bonds is 2. The summed E-state index contributed by atoms with van der Waals surface area (Å²) in [6, 6.07) is 2.30. The zero-order valence-corrected chi connectivity index (χ0v) is 9.04. The molecule has 1 aromatic carbocycles. The van der Waals surface area contributed by atoms with Gasteiger partial charge in [0, 0.05) is 0 Å². The molecular weight excluding hydrogens is 277 g/mol. The van der Waals surface area contributed by atoms with Crippen LogP contribution < -0.4 is 0 Å². The van der Waals surface area contributed by atoms with E-state index in [1.807, 2.05) is 0 Å². The number of nitrogens with zero attached hydrogens (tertiary/aromatic N) is 2. The van der Waals surface area contributed by atoms with Crippen molar-refractivity contribution in [1.29, 1.82) is 5.26 Å². The molecule has 0 radical (unpaired) electrons. The van der Waals surface area contributed by atoms with Crippen LogP contribution in [0.3, 0.4) is 0 Å². The lowest BCUT2D eigenvalue weighted by Gasteiger charge is -2.09. The van der Waals surface area contributed by atoms with Gasteiger partial charge in [0.15, 0.2) is 0 Å². The minimum atomic E-state index is -5.07. The van der Waals surface area contributed by atoms with Crippen LogP contribution in [-0.4, -0.2) is 10.2 Å². The topological polar surface area (TPSA) is 84.0 Å². The predicted molar refractivity (Wildman–Crippen MR) is 53.0 cm³/mol. The van der Waals surface area contributed by atoms with Crippen LogP contribution in [0.5, 0.6) is 0 Å². The number of carbonyl (C=O) groups excluding carboxylic acids is 1. The number of benzene rings is 1. The Morgan fingerprint density at radius 2 is 2.00 bits per heavy atom. The molecule has 0 heterocycles. The van der Waals surface area contributed by atoms with Gasteiger partial charge in [-0.3, -0.25) is 14.9 Å². The maximum atomic E-state index is 12.6. The van der Waals surface area contributed by atoms with Crippen molar-refractivity contribution >= 4 is 22.5 Å². The molecule has 0 saturated heterocycles. The summed E-state index contributed by atoms with van der Waals surface area (Å²) in [6.45, 7) is 0. The molecule has 0 aliphatic carbocycles. The molecule has 0 N–H and O–H groups in total. The van der Waals surface area contributed by atoms with Crippen molar-refractivity contribution in [2.24, 2.45) is 0 Å². The molecule has 9 heteroatoms. The molecule has 0 bridgehead atoms. The Balaban J connectivity index is 3.79. The lowest BCUT2D eigenvalue weighted by atomic mass is 10.0. The Morgan fingerprint density at radius 3 is 2.33 bits per heavy atom. The van der Waals surface area contributed by atoms with Crippen molar-refractivity contribution in [3.05, 3.63) is 38.9 Å². The van der Waals surface area contributed by atoms with Gasteiger partial charge in [0.05, 0.1) is 16.6 Å². The van der Waals surface area contributed by atoms with Crippen molar-refractivity contribution in [2.75, 3.05) is 0 Å². The molecule has 0 saturated carbocycles. The van der Waals surface area contributed by atoms with Crippen molar-refractivity contribution in [3.8, 4) is 6.07 Å². The van der Waals surface area contributed by atoms with Crippen LogP contribution in [0.2, 0.25) is 0 Å². The number of hydrogen-bond acceptors (Lipinski definition) is 4. The Hall–Kier alpha value is -2.14. The van der Waals surface area contributed by atoms with Gasteiger partial charge < -0.3 is 0 Å². The molecule has 0 spiro atoms. The van der Waals surface area contributed by atoms with Crippen LogP contribution in [-0.2, 0) is 6.18 Å². The monoisotopic (exact) mass is 278 g/mol. The van der Waals surface area contributed by atoms with Crippen molar-refractivity contribution < 1.29 is 22.9 Å². The summed E-state index contributed by atoms with van der Waals surface area (Å²) in [5.74, 6) is 0. The normalized spacial score (nSPS) is 10.8. The Bertz CT molecular complexity index is 578. The van der Waals surface area contributed by atoms with Crippen LogP contribution in [0.4, 0.5) is 18.9 Å². The van der Waals surface area contributed by atoms with Gasteiger partial charge in [-0.25, -0.2) is 0 Å². The first-order valence-electron chi connectivity index (χ1n) is 4.18. The van der Waals surface area contributed by atoms with Crippen LogP contribution in [0.25, 0.3) is 0 Å². The summed E-state index contributed by atoms with van der Waals surface area (Å²) < 4.78 is 37.8. The SMILES string of the molecule is N#Cc1cc(C(=O)Cl)c([N+](=O)[O-])c(C(F)(F)F)c1. The lowest BCUT2D eigenvalue weighted by molar-refractivity contribution is -0.388. The molecule has 0 amide bonds. The number of nitro groups is 1. The second kappa shape index (κ2) is 4.62. The maximum absolute atomic E-state index is 12.6. The largest absolute Gasteiger partial charge is 0.423 e. The van der Waals surface area contributed by atoms with Crippen LogP contribution in [0.15, 0.2) is 12.1 Å². The highest BCUT2D eigenvalue weighted by Crippen LogP contribution is 2.39. The van der Waals surface area contributed by atoms with E-state index in [1.54, 1.807) is 0 Å². The summed E-state index contributed by atoms with van der Waals surface area (Å²) >= 11 is 4.98. The third-order valence-corrected chi connectivity index (χ3v) is 2.14. The van der Waals surface area contributed by atoms with E-state index in [0.29, 0.717) is 12.1 Å². The molecule has 1 aromatic rings. The maximum Gasteiger partial charge on any atom is 0.423 e. The van der Waals surface area contributed by atoms with E-state index in [0.717, 1.165) is 0 Å². The number of halogens is 4. The summed E-state index contributed by atoms with van der Waals surface area (Å²) in [7, 11) is 0.